The Hall–Kier alpha value is -0.0800. The van der Waals surface area contributed by atoms with Crippen LogP contribution < -0.4 is 5.32 Å². The molecule has 1 saturated heterocycles. The fourth-order valence-electron chi connectivity index (χ4n) is 1.99. The normalized spacial score (nSPS) is 20.3. The smallest absolute Gasteiger partial charge is 0.193 e. The van der Waals surface area contributed by atoms with Gasteiger partial charge in [0.15, 0.2) is 5.96 Å². The number of ether oxygens (including phenoxy) is 2. The lowest BCUT2D eigenvalue weighted by Gasteiger charge is -2.21. The second-order valence-corrected chi connectivity index (χ2v) is 4.02. The van der Waals surface area contributed by atoms with Crippen LogP contribution in [0.5, 0.6) is 0 Å². The number of guanidine groups is 1. The Morgan fingerprint density at radius 1 is 1.41 bits per heavy atom. The van der Waals surface area contributed by atoms with Crippen molar-refractivity contribution in [1.82, 2.24) is 10.2 Å². The van der Waals surface area contributed by atoms with E-state index in [4.69, 9.17) is 9.47 Å². The standard InChI is InChI=1S/C11H23N3O2.HI/c1-12-11(13-5-7-15-2)14-6-4-10(8-14)9-16-3;/h10H,4-9H2,1-3H3,(H,12,13);1H. The van der Waals surface area contributed by atoms with Gasteiger partial charge in [-0.25, -0.2) is 0 Å². The minimum atomic E-state index is 0. The summed E-state index contributed by atoms with van der Waals surface area (Å²) in [6.45, 7) is 4.43. The van der Waals surface area contributed by atoms with Crippen LogP contribution in [0.3, 0.4) is 0 Å². The van der Waals surface area contributed by atoms with Crippen LogP contribution >= 0.6 is 24.0 Å². The Bertz CT molecular complexity index is 227. The maximum absolute atomic E-state index is 5.18. The molecule has 1 aliphatic heterocycles. The van der Waals surface area contributed by atoms with Crippen molar-refractivity contribution < 1.29 is 9.47 Å². The summed E-state index contributed by atoms with van der Waals surface area (Å²) in [5.74, 6) is 1.60. The molecule has 1 rings (SSSR count). The third-order valence-corrected chi connectivity index (χ3v) is 2.79. The first-order valence-corrected chi connectivity index (χ1v) is 5.75. The number of halogens is 1. The summed E-state index contributed by atoms with van der Waals surface area (Å²) < 4.78 is 10.2. The van der Waals surface area contributed by atoms with E-state index in [1.807, 2.05) is 7.05 Å². The molecule has 1 heterocycles. The van der Waals surface area contributed by atoms with Crippen molar-refractivity contribution in [3.63, 3.8) is 0 Å². The SMILES string of the molecule is CN=C(NCCOC)N1CCC(COC)C1.I. The summed E-state index contributed by atoms with van der Waals surface area (Å²) in [6, 6.07) is 0. The first-order valence-electron chi connectivity index (χ1n) is 5.75. The molecule has 1 N–H and O–H groups in total. The van der Waals surface area contributed by atoms with Crippen molar-refractivity contribution in [2.75, 3.05) is 54.1 Å². The van der Waals surface area contributed by atoms with Crippen molar-refractivity contribution in [3.8, 4) is 0 Å². The average molecular weight is 357 g/mol. The van der Waals surface area contributed by atoms with Gasteiger partial charge in [0.25, 0.3) is 0 Å². The Morgan fingerprint density at radius 3 is 2.76 bits per heavy atom. The van der Waals surface area contributed by atoms with E-state index in [9.17, 15) is 0 Å². The zero-order valence-electron chi connectivity index (χ0n) is 10.9. The molecule has 0 aromatic rings. The number of nitrogens with one attached hydrogen (secondary N) is 1. The van der Waals surface area contributed by atoms with Crippen molar-refractivity contribution in [3.05, 3.63) is 0 Å². The summed E-state index contributed by atoms with van der Waals surface area (Å²) >= 11 is 0. The predicted molar refractivity (Wildman–Crippen MR) is 80.2 cm³/mol. The van der Waals surface area contributed by atoms with Gasteiger partial charge in [-0.1, -0.05) is 0 Å². The largest absolute Gasteiger partial charge is 0.384 e. The van der Waals surface area contributed by atoms with E-state index in [0.29, 0.717) is 12.5 Å². The molecular formula is C11H24IN3O2. The highest BCUT2D eigenvalue weighted by Crippen LogP contribution is 2.16. The van der Waals surface area contributed by atoms with Crippen LogP contribution in [0.4, 0.5) is 0 Å². The Morgan fingerprint density at radius 2 is 2.18 bits per heavy atom. The Kier molecular flexibility index (Phi) is 9.85. The van der Waals surface area contributed by atoms with Crippen LogP contribution in [0.25, 0.3) is 0 Å². The molecule has 1 fully saturated rings. The molecule has 0 aliphatic carbocycles. The minimum Gasteiger partial charge on any atom is -0.384 e. The summed E-state index contributed by atoms with van der Waals surface area (Å²) in [4.78, 5) is 6.55. The number of aliphatic imine (C=N–C) groups is 1. The zero-order valence-corrected chi connectivity index (χ0v) is 13.3. The van der Waals surface area contributed by atoms with Gasteiger partial charge in [-0.2, -0.15) is 0 Å². The number of likely N-dealkylation sites (tertiary alicyclic amines) is 1. The number of hydrogen-bond acceptors (Lipinski definition) is 3. The molecule has 5 nitrogen and oxygen atoms in total. The Labute approximate surface area is 121 Å². The Balaban J connectivity index is 0.00000256. The van der Waals surface area contributed by atoms with Crippen LogP contribution in [0.1, 0.15) is 6.42 Å². The molecule has 0 aromatic heterocycles. The first kappa shape index (κ1) is 16.9. The van der Waals surface area contributed by atoms with Gasteiger partial charge < -0.3 is 19.7 Å². The van der Waals surface area contributed by atoms with E-state index in [0.717, 1.165) is 32.2 Å². The van der Waals surface area contributed by atoms with Gasteiger partial charge >= 0.3 is 0 Å². The molecule has 102 valence electrons. The number of hydrogen-bond donors (Lipinski definition) is 1. The quantitative estimate of drug-likeness (QED) is 0.342. The van der Waals surface area contributed by atoms with Gasteiger partial charge in [0.05, 0.1) is 13.2 Å². The first-order chi connectivity index (χ1) is 7.81. The van der Waals surface area contributed by atoms with Crippen molar-refractivity contribution in [2.45, 2.75) is 6.42 Å². The van der Waals surface area contributed by atoms with E-state index < -0.39 is 0 Å². The molecule has 17 heavy (non-hydrogen) atoms. The molecule has 0 amide bonds. The van der Waals surface area contributed by atoms with E-state index >= 15 is 0 Å². The van der Waals surface area contributed by atoms with Crippen LogP contribution in [0.2, 0.25) is 0 Å². The number of methoxy groups -OCH3 is 2. The molecule has 1 atom stereocenters. The third-order valence-electron chi connectivity index (χ3n) is 2.79. The van der Waals surface area contributed by atoms with Gasteiger partial charge in [-0.3, -0.25) is 4.99 Å². The highest BCUT2D eigenvalue weighted by atomic mass is 127. The number of rotatable bonds is 5. The lowest BCUT2D eigenvalue weighted by molar-refractivity contribution is 0.157. The summed E-state index contributed by atoms with van der Waals surface area (Å²) in [7, 11) is 5.28. The maximum atomic E-state index is 5.18. The molecule has 1 unspecified atom stereocenters. The number of nitrogens with zero attached hydrogens (tertiary/aromatic N) is 2. The zero-order chi connectivity index (χ0) is 11.8. The lowest BCUT2D eigenvalue weighted by Crippen LogP contribution is -2.41. The van der Waals surface area contributed by atoms with E-state index in [2.05, 4.69) is 15.2 Å². The highest BCUT2D eigenvalue weighted by Gasteiger charge is 2.24. The molecule has 0 spiro atoms. The fourth-order valence-corrected chi connectivity index (χ4v) is 1.99. The molecule has 0 bridgehead atoms. The molecule has 0 aromatic carbocycles. The van der Waals surface area contributed by atoms with Crippen molar-refractivity contribution in [2.24, 2.45) is 10.9 Å². The fraction of sp³-hybridized carbons (Fsp3) is 0.909. The van der Waals surface area contributed by atoms with E-state index in [-0.39, 0.29) is 24.0 Å². The molecule has 1 aliphatic rings. The lowest BCUT2D eigenvalue weighted by atomic mass is 10.1. The summed E-state index contributed by atoms with van der Waals surface area (Å²) in [5.41, 5.74) is 0. The monoisotopic (exact) mass is 357 g/mol. The second-order valence-electron chi connectivity index (χ2n) is 4.02. The van der Waals surface area contributed by atoms with Gasteiger partial charge in [0.2, 0.25) is 0 Å². The maximum Gasteiger partial charge on any atom is 0.193 e. The average Bonchev–Trinajstić information content (AvgIpc) is 2.74. The van der Waals surface area contributed by atoms with Gasteiger partial charge in [0.1, 0.15) is 0 Å². The van der Waals surface area contributed by atoms with Crippen molar-refractivity contribution in [1.29, 1.82) is 0 Å². The van der Waals surface area contributed by atoms with Gasteiger partial charge in [-0.15, -0.1) is 24.0 Å². The van der Waals surface area contributed by atoms with Crippen LogP contribution in [0, 0.1) is 5.92 Å². The van der Waals surface area contributed by atoms with Crippen LogP contribution in [-0.2, 0) is 9.47 Å². The van der Waals surface area contributed by atoms with Crippen LogP contribution in [0.15, 0.2) is 4.99 Å². The van der Waals surface area contributed by atoms with Crippen molar-refractivity contribution >= 4 is 29.9 Å². The summed E-state index contributed by atoms with van der Waals surface area (Å²) in [5, 5.41) is 3.29. The van der Waals surface area contributed by atoms with E-state index in [1.165, 1.54) is 6.42 Å². The highest BCUT2D eigenvalue weighted by molar-refractivity contribution is 14.0. The predicted octanol–water partition coefficient (Wildman–Crippen LogP) is 0.794. The van der Waals surface area contributed by atoms with Crippen LogP contribution in [-0.4, -0.2) is 65.0 Å². The minimum absolute atomic E-state index is 0. The topological polar surface area (TPSA) is 46.1 Å². The third kappa shape index (κ3) is 5.87. The summed E-state index contributed by atoms with van der Waals surface area (Å²) in [6.07, 6.45) is 1.18. The molecule has 6 heteroatoms. The molecular weight excluding hydrogens is 333 g/mol. The van der Waals surface area contributed by atoms with Gasteiger partial charge in [0, 0.05) is 46.8 Å². The molecule has 0 radical (unpaired) electrons. The second kappa shape index (κ2) is 9.90. The van der Waals surface area contributed by atoms with Gasteiger partial charge in [-0.05, 0) is 6.42 Å². The van der Waals surface area contributed by atoms with E-state index in [1.54, 1.807) is 14.2 Å². The molecule has 0 saturated carbocycles.